The van der Waals surface area contributed by atoms with Crippen LogP contribution in [0.2, 0.25) is 0 Å². The van der Waals surface area contributed by atoms with Gasteiger partial charge in [-0.05, 0) is 49.1 Å². The lowest BCUT2D eigenvalue weighted by Crippen LogP contribution is -2.41. The van der Waals surface area contributed by atoms with Gasteiger partial charge in [-0.15, -0.1) is 11.8 Å². The van der Waals surface area contributed by atoms with E-state index in [0.29, 0.717) is 19.6 Å². The third kappa shape index (κ3) is 5.22. The van der Waals surface area contributed by atoms with Crippen LogP contribution < -0.4 is 15.4 Å². The van der Waals surface area contributed by atoms with Crippen LogP contribution in [0.15, 0.2) is 52.4 Å². The summed E-state index contributed by atoms with van der Waals surface area (Å²) in [5, 5.41) is 6.77. The summed E-state index contributed by atoms with van der Waals surface area (Å²) in [5.74, 6) is 1.25. The van der Waals surface area contributed by atoms with Crippen molar-refractivity contribution in [2.45, 2.75) is 35.5 Å². The molecule has 7 heteroatoms. The van der Waals surface area contributed by atoms with Crippen LogP contribution in [0.3, 0.4) is 0 Å². The van der Waals surface area contributed by atoms with E-state index in [-0.39, 0.29) is 17.4 Å². The Morgan fingerprint density at radius 2 is 2.03 bits per heavy atom. The molecule has 2 aromatic carbocycles. The predicted octanol–water partition coefficient (Wildman–Crippen LogP) is 3.72. The average molecular weight is 416 g/mol. The summed E-state index contributed by atoms with van der Waals surface area (Å²) in [6, 6.07) is 13.5. The molecule has 29 heavy (non-hydrogen) atoms. The number of benzene rings is 2. The number of nitrogens with one attached hydrogen (secondary N) is 2. The molecular formula is C22H26FN3O2S. The molecule has 1 aliphatic carbocycles. The van der Waals surface area contributed by atoms with Gasteiger partial charge in [0, 0.05) is 35.3 Å². The van der Waals surface area contributed by atoms with E-state index in [4.69, 9.17) is 9.47 Å². The molecule has 0 atom stereocenters. The molecule has 1 aliphatic heterocycles. The number of aliphatic imine (C=N–C) groups is 1. The van der Waals surface area contributed by atoms with E-state index < -0.39 is 0 Å². The van der Waals surface area contributed by atoms with E-state index in [9.17, 15) is 4.39 Å². The molecule has 0 unspecified atom stereocenters. The molecule has 1 heterocycles. The van der Waals surface area contributed by atoms with Crippen molar-refractivity contribution < 1.29 is 13.9 Å². The lowest BCUT2D eigenvalue weighted by atomic mass is 10.1. The highest BCUT2D eigenvalue weighted by molar-refractivity contribution is 8.01. The van der Waals surface area contributed by atoms with Crippen LogP contribution >= 0.6 is 11.8 Å². The Kier molecular flexibility index (Phi) is 6.25. The van der Waals surface area contributed by atoms with Gasteiger partial charge in [0.15, 0.2) is 12.8 Å². The van der Waals surface area contributed by atoms with Crippen molar-refractivity contribution >= 4 is 17.7 Å². The highest BCUT2D eigenvalue weighted by atomic mass is 32.2. The van der Waals surface area contributed by atoms with Gasteiger partial charge < -0.3 is 20.1 Å². The molecule has 154 valence electrons. The lowest BCUT2D eigenvalue weighted by Gasteiger charge is -2.21. The molecule has 2 aromatic rings. The van der Waals surface area contributed by atoms with Crippen molar-refractivity contribution in [1.29, 1.82) is 0 Å². The maximum Gasteiger partial charge on any atom is 0.191 e. The molecule has 1 fully saturated rings. The number of rotatable bonds is 7. The third-order valence-electron chi connectivity index (χ3n) is 5.13. The van der Waals surface area contributed by atoms with Crippen LogP contribution in [0, 0.1) is 5.82 Å². The Morgan fingerprint density at radius 1 is 1.21 bits per heavy atom. The fourth-order valence-electron chi connectivity index (χ4n) is 3.42. The number of fused-ring (bicyclic) bond motifs is 1. The molecule has 0 bridgehead atoms. The summed E-state index contributed by atoms with van der Waals surface area (Å²) in [6.07, 6.45) is 3.04. The maximum absolute atomic E-state index is 13.9. The van der Waals surface area contributed by atoms with Gasteiger partial charge in [-0.1, -0.05) is 18.2 Å². The molecule has 0 saturated heterocycles. The standard InChI is InChI=1S/C22H26FN3O2S/c1-24-21(26-14-22(8-9-22)29-19-5-3-2-4-6-19)25-10-7-16-11-18(23)12-17-13-27-15-28-20(16)17/h2-6,11-12H,7-10,13-15H2,1H3,(H2,24,25,26). The minimum Gasteiger partial charge on any atom is -0.467 e. The first-order chi connectivity index (χ1) is 14.2. The van der Waals surface area contributed by atoms with E-state index >= 15 is 0 Å². The van der Waals surface area contributed by atoms with Gasteiger partial charge >= 0.3 is 0 Å². The normalized spacial score (nSPS) is 17.2. The van der Waals surface area contributed by atoms with Gasteiger partial charge in [-0.25, -0.2) is 4.39 Å². The summed E-state index contributed by atoms with van der Waals surface area (Å²) in [6.45, 7) is 2.10. The van der Waals surface area contributed by atoms with Crippen molar-refractivity contribution in [1.82, 2.24) is 10.6 Å². The van der Waals surface area contributed by atoms with E-state index in [1.807, 2.05) is 17.8 Å². The topological polar surface area (TPSA) is 54.9 Å². The highest BCUT2D eigenvalue weighted by Gasteiger charge is 2.43. The zero-order chi connectivity index (χ0) is 20.1. The number of halogens is 1. The Morgan fingerprint density at radius 3 is 2.79 bits per heavy atom. The minimum absolute atomic E-state index is 0.212. The van der Waals surface area contributed by atoms with Crippen molar-refractivity contribution in [2.24, 2.45) is 4.99 Å². The maximum atomic E-state index is 13.9. The summed E-state index contributed by atoms with van der Waals surface area (Å²) in [5.41, 5.74) is 1.62. The van der Waals surface area contributed by atoms with E-state index in [1.165, 1.54) is 29.9 Å². The summed E-state index contributed by atoms with van der Waals surface area (Å²) in [7, 11) is 1.77. The summed E-state index contributed by atoms with van der Waals surface area (Å²) >= 11 is 1.93. The SMILES string of the molecule is CN=C(NCCc1cc(F)cc2c1OCOC2)NCC1(Sc2ccccc2)CC1. The van der Waals surface area contributed by atoms with Crippen molar-refractivity contribution in [3.63, 3.8) is 0 Å². The largest absolute Gasteiger partial charge is 0.467 e. The zero-order valence-electron chi connectivity index (χ0n) is 16.5. The Hall–Kier alpha value is -2.25. The Labute approximate surface area is 175 Å². The molecule has 5 nitrogen and oxygen atoms in total. The Bertz CT molecular complexity index is 872. The summed E-state index contributed by atoms with van der Waals surface area (Å²) < 4.78 is 24.9. The number of hydrogen-bond acceptors (Lipinski definition) is 4. The van der Waals surface area contributed by atoms with Gasteiger partial charge in [-0.2, -0.15) is 0 Å². The van der Waals surface area contributed by atoms with Crippen LogP contribution in [0.25, 0.3) is 0 Å². The molecule has 0 spiro atoms. The fraction of sp³-hybridized carbons (Fsp3) is 0.409. The van der Waals surface area contributed by atoms with Crippen molar-refractivity contribution in [3.05, 3.63) is 59.4 Å². The van der Waals surface area contributed by atoms with Gasteiger partial charge in [0.25, 0.3) is 0 Å². The quantitative estimate of drug-likeness (QED) is 0.533. The number of hydrogen-bond donors (Lipinski definition) is 2. The van der Waals surface area contributed by atoms with Crippen LogP contribution in [0.1, 0.15) is 24.0 Å². The average Bonchev–Trinajstić information content (AvgIpc) is 3.50. The second-order valence-electron chi connectivity index (χ2n) is 7.36. The molecule has 0 aromatic heterocycles. The number of thioether (sulfide) groups is 1. The van der Waals surface area contributed by atoms with E-state index in [0.717, 1.165) is 29.4 Å². The second kappa shape index (κ2) is 9.05. The first kappa shape index (κ1) is 20.0. The molecule has 0 amide bonds. The first-order valence-corrected chi connectivity index (χ1v) is 10.7. The molecule has 1 saturated carbocycles. The van der Waals surface area contributed by atoms with Crippen molar-refractivity contribution in [2.75, 3.05) is 26.9 Å². The minimum atomic E-state index is -0.260. The highest BCUT2D eigenvalue weighted by Crippen LogP contribution is 2.51. The number of guanidine groups is 1. The van der Waals surface area contributed by atoms with Gasteiger partial charge in [-0.3, -0.25) is 4.99 Å². The lowest BCUT2D eigenvalue weighted by molar-refractivity contribution is -0.0172. The summed E-state index contributed by atoms with van der Waals surface area (Å²) in [4.78, 5) is 5.62. The van der Waals surface area contributed by atoms with Gasteiger partial charge in [0.1, 0.15) is 11.6 Å². The predicted molar refractivity (Wildman–Crippen MR) is 114 cm³/mol. The van der Waals surface area contributed by atoms with Crippen molar-refractivity contribution in [3.8, 4) is 5.75 Å². The van der Waals surface area contributed by atoms with Gasteiger partial charge in [0.05, 0.1) is 6.61 Å². The first-order valence-electron chi connectivity index (χ1n) is 9.88. The number of nitrogens with zero attached hydrogens (tertiary/aromatic N) is 1. The fourth-order valence-corrected chi connectivity index (χ4v) is 4.66. The van der Waals surface area contributed by atoms with Crippen LogP contribution in [0.4, 0.5) is 4.39 Å². The third-order valence-corrected chi connectivity index (χ3v) is 6.62. The van der Waals surface area contributed by atoms with Crippen LogP contribution in [-0.4, -0.2) is 37.6 Å². The monoisotopic (exact) mass is 415 g/mol. The van der Waals surface area contributed by atoms with Gasteiger partial charge in [0.2, 0.25) is 0 Å². The molecule has 2 N–H and O–H groups in total. The van der Waals surface area contributed by atoms with Crippen LogP contribution in [0.5, 0.6) is 5.75 Å². The van der Waals surface area contributed by atoms with E-state index in [1.54, 1.807) is 7.05 Å². The zero-order valence-corrected chi connectivity index (χ0v) is 17.4. The van der Waals surface area contributed by atoms with E-state index in [2.05, 4.69) is 39.9 Å². The molecular weight excluding hydrogens is 389 g/mol. The molecule has 4 rings (SSSR count). The van der Waals surface area contributed by atoms with Crippen LogP contribution in [-0.2, 0) is 17.8 Å². The smallest absolute Gasteiger partial charge is 0.191 e. The molecule has 0 radical (unpaired) electrons. The molecule has 2 aliphatic rings. The number of ether oxygens (including phenoxy) is 2. The second-order valence-corrected chi connectivity index (χ2v) is 8.91. The Balaban J connectivity index is 1.28.